The normalized spacial score (nSPS) is 11.5. The van der Waals surface area contributed by atoms with Crippen molar-refractivity contribution < 1.29 is 18.7 Å². The fraction of sp³-hybridized carbons (Fsp3) is 0.222. The van der Waals surface area contributed by atoms with E-state index in [1.54, 1.807) is 12.1 Å². The van der Waals surface area contributed by atoms with Crippen molar-refractivity contribution in [3.8, 4) is 5.75 Å². The SMILES string of the molecule is CC(Oc1ccc(F)cc1)C(=O)NNC(=O)CCc1cccc(Cl)c1. The first-order valence-corrected chi connectivity index (χ1v) is 8.07. The highest BCUT2D eigenvalue weighted by molar-refractivity contribution is 6.30. The first-order chi connectivity index (χ1) is 11.9. The molecule has 7 heteroatoms. The van der Waals surface area contributed by atoms with Crippen LogP contribution < -0.4 is 15.6 Å². The van der Waals surface area contributed by atoms with Gasteiger partial charge in [-0.15, -0.1) is 0 Å². The van der Waals surface area contributed by atoms with Crippen molar-refractivity contribution in [3.63, 3.8) is 0 Å². The minimum atomic E-state index is -0.848. The van der Waals surface area contributed by atoms with Gasteiger partial charge in [-0.25, -0.2) is 4.39 Å². The van der Waals surface area contributed by atoms with E-state index in [0.29, 0.717) is 17.2 Å². The van der Waals surface area contributed by atoms with Gasteiger partial charge in [0.25, 0.3) is 5.91 Å². The van der Waals surface area contributed by atoms with Crippen LogP contribution in [0.15, 0.2) is 48.5 Å². The Morgan fingerprint density at radius 2 is 1.88 bits per heavy atom. The molecule has 0 saturated carbocycles. The third-order valence-corrected chi connectivity index (χ3v) is 3.59. The zero-order chi connectivity index (χ0) is 18.2. The van der Waals surface area contributed by atoms with Crippen LogP contribution in [-0.4, -0.2) is 17.9 Å². The Morgan fingerprint density at radius 3 is 2.56 bits per heavy atom. The summed E-state index contributed by atoms with van der Waals surface area (Å²) >= 11 is 5.88. The van der Waals surface area contributed by atoms with Crippen LogP contribution in [0.1, 0.15) is 18.9 Å². The van der Waals surface area contributed by atoms with Crippen LogP contribution >= 0.6 is 11.6 Å². The molecule has 5 nitrogen and oxygen atoms in total. The molecule has 2 aromatic rings. The smallest absolute Gasteiger partial charge is 0.279 e. The molecule has 0 aromatic heterocycles. The number of ether oxygens (including phenoxy) is 1. The van der Waals surface area contributed by atoms with Gasteiger partial charge in [-0.2, -0.15) is 0 Å². The first kappa shape index (κ1) is 18.7. The fourth-order valence-corrected chi connectivity index (χ4v) is 2.23. The second-order valence-corrected chi connectivity index (χ2v) is 5.82. The Balaban J connectivity index is 1.72. The van der Waals surface area contributed by atoms with E-state index in [9.17, 15) is 14.0 Å². The summed E-state index contributed by atoms with van der Waals surface area (Å²) in [5.74, 6) is -0.879. The van der Waals surface area contributed by atoms with E-state index >= 15 is 0 Å². The summed E-state index contributed by atoms with van der Waals surface area (Å²) in [5.41, 5.74) is 5.56. The number of amides is 2. The molecular formula is C18H18ClFN2O3. The first-order valence-electron chi connectivity index (χ1n) is 7.69. The quantitative estimate of drug-likeness (QED) is 0.774. The lowest BCUT2D eigenvalue weighted by atomic mass is 10.1. The maximum Gasteiger partial charge on any atom is 0.279 e. The molecule has 0 saturated heterocycles. The molecule has 0 aliphatic rings. The summed E-state index contributed by atoms with van der Waals surface area (Å²) in [6.45, 7) is 1.52. The van der Waals surface area contributed by atoms with E-state index in [1.165, 1.54) is 31.2 Å². The molecule has 0 aliphatic carbocycles. The van der Waals surface area contributed by atoms with Gasteiger partial charge in [0, 0.05) is 11.4 Å². The molecule has 1 atom stereocenters. The van der Waals surface area contributed by atoms with Crippen molar-refractivity contribution in [2.75, 3.05) is 0 Å². The van der Waals surface area contributed by atoms with E-state index in [-0.39, 0.29) is 12.3 Å². The lowest BCUT2D eigenvalue weighted by Gasteiger charge is -2.15. The Labute approximate surface area is 150 Å². The number of nitrogens with one attached hydrogen (secondary N) is 2. The predicted octanol–water partition coefficient (Wildman–Crippen LogP) is 3.03. The van der Waals surface area contributed by atoms with Gasteiger partial charge >= 0.3 is 0 Å². The molecule has 0 aliphatic heterocycles. The number of benzene rings is 2. The van der Waals surface area contributed by atoms with E-state index in [2.05, 4.69) is 10.9 Å². The van der Waals surface area contributed by atoms with Crippen LogP contribution in [0.3, 0.4) is 0 Å². The molecule has 2 rings (SSSR count). The summed E-state index contributed by atoms with van der Waals surface area (Å²) in [5, 5.41) is 0.609. The molecule has 0 radical (unpaired) electrons. The van der Waals surface area contributed by atoms with Crippen LogP contribution in [0.4, 0.5) is 4.39 Å². The number of aryl methyl sites for hydroxylation is 1. The van der Waals surface area contributed by atoms with Gasteiger partial charge in [-0.05, 0) is 55.3 Å². The number of rotatable bonds is 6. The molecule has 2 N–H and O–H groups in total. The second-order valence-electron chi connectivity index (χ2n) is 5.38. The molecular weight excluding hydrogens is 347 g/mol. The average Bonchev–Trinajstić information content (AvgIpc) is 2.60. The third kappa shape index (κ3) is 6.43. The van der Waals surface area contributed by atoms with Gasteiger partial charge in [-0.3, -0.25) is 20.4 Å². The molecule has 25 heavy (non-hydrogen) atoms. The lowest BCUT2D eigenvalue weighted by Crippen LogP contribution is -2.47. The summed E-state index contributed by atoms with van der Waals surface area (Å²) in [7, 11) is 0. The zero-order valence-corrected chi connectivity index (χ0v) is 14.3. The van der Waals surface area contributed by atoms with E-state index < -0.39 is 17.8 Å². The molecule has 0 bridgehead atoms. The molecule has 2 aromatic carbocycles. The van der Waals surface area contributed by atoms with Crippen molar-refractivity contribution >= 4 is 23.4 Å². The number of hydrazine groups is 1. The summed E-state index contributed by atoms with van der Waals surface area (Å²) < 4.78 is 18.2. The van der Waals surface area contributed by atoms with Gasteiger partial charge in [0.1, 0.15) is 11.6 Å². The Hall–Kier alpha value is -2.60. The minimum Gasteiger partial charge on any atom is -0.481 e. The average molecular weight is 365 g/mol. The fourth-order valence-electron chi connectivity index (χ4n) is 2.02. The lowest BCUT2D eigenvalue weighted by molar-refractivity contribution is -0.132. The number of hydrogen-bond acceptors (Lipinski definition) is 3. The standard InChI is InChI=1S/C18H18ClFN2O3/c1-12(25-16-8-6-15(20)7-9-16)18(24)22-21-17(23)10-5-13-3-2-4-14(19)11-13/h2-4,6-9,11-12H,5,10H2,1H3,(H,21,23)(H,22,24). The van der Waals surface area contributed by atoms with Gasteiger partial charge in [0.15, 0.2) is 6.10 Å². The molecule has 0 fully saturated rings. The second kappa shape index (κ2) is 9.03. The van der Waals surface area contributed by atoms with Gasteiger partial charge in [0.05, 0.1) is 0 Å². The van der Waals surface area contributed by atoms with E-state index in [1.807, 2.05) is 12.1 Å². The van der Waals surface area contributed by atoms with Crippen LogP contribution in [0.5, 0.6) is 5.75 Å². The maximum absolute atomic E-state index is 12.8. The molecule has 0 heterocycles. The van der Waals surface area contributed by atoms with Crippen molar-refractivity contribution in [2.45, 2.75) is 25.9 Å². The molecule has 132 valence electrons. The van der Waals surface area contributed by atoms with Crippen LogP contribution in [0.2, 0.25) is 5.02 Å². The van der Waals surface area contributed by atoms with Crippen LogP contribution in [-0.2, 0) is 16.0 Å². The number of carbonyl (C=O) groups is 2. The minimum absolute atomic E-state index is 0.202. The topological polar surface area (TPSA) is 67.4 Å². The number of carbonyl (C=O) groups excluding carboxylic acids is 2. The van der Waals surface area contributed by atoms with Crippen LogP contribution in [0.25, 0.3) is 0 Å². The Morgan fingerprint density at radius 1 is 1.16 bits per heavy atom. The highest BCUT2D eigenvalue weighted by Crippen LogP contribution is 2.13. The maximum atomic E-state index is 12.8. The number of halogens is 2. The van der Waals surface area contributed by atoms with Crippen molar-refractivity contribution in [3.05, 3.63) is 64.9 Å². The molecule has 2 amide bonds. The summed E-state index contributed by atoms with van der Waals surface area (Å²) in [6.07, 6.45) is -0.142. The largest absolute Gasteiger partial charge is 0.481 e. The van der Waals surface area contributed by atoms with Crippen molar-refractivity contribution in [2.24, 2.45) is 0 Å². The zero-order valence-electron chi connectivity index (χ0n) is 13.6. The third-order valence-electron chi connectivity index (χ3n) is 3.35. The van der Waals surface area contributed by atoms with Gasteiger partial charge in [0.2, 0.25) is 5.91 Å². The number of hydrogen-bond donors (Lipinski definition) is 2. The van der Waals surface area contributed by atoms with Crippen LogP contribution in [0, 0.1) is 5.82 Å². The highest BCUT2D eigenvalue weighted by Gasteiger charge is 2.15. The molecule has 1 unspecified atom stereocenters. The van der Waals surface area contributed by atoms with Gasteiger partial charge < -0.3 is 4.74 Å². The molecule has 0 spiro atoms. The van der Waals surface area contributed by atoms with Gasteiger partial charge in [-0.1, -0.05) is 23.7 Å². The highest BCUT2D eigenvalue weighted by atomic mass is 35.5. The Kier molecular flexibility index (Phi) is 6.77. The Bertz CT molecular complexity index is 737. The van der Waals surface area contributed by atoms with E-state index in [0.717, 1.165) is 5.56 Å². The predicted molar refractivity (Wildman–Crippen MR) is 92.5 cm³/mol. The van der Waals surface area contributed by atoms with Crippen molar-refractivity contribution in [1.29, 1.82) is 0 Å². The monoisotopic (exact) mass is 364 g/mol. The van der Waals surface area contributed by atoms with Crippen molar-refractivity contribution in [1.82, 2.24) is 10.9 Å². The summed E-state index contributed by atoms with van der Waals surface area (Å²) in [4.78, 5) is 23.7. The van der Waals surface area contributed by atoms with E-state index in [4.69, 9.17) is 16.3 Å². The summed E-state index contributed by atoms with van der Waals surface area (Å²) in [6, 6.07) is 12.5.